The Kier molecular flexibility index (Phi) is 3.32. The summed E-state index contributed by atoms with van der Waals surface area (Å²) in [5, 5.41) is 0. The Hall–Kier alpha value is -2.07. The van der Waals surface area contributed by atoms with Gasteiger partial charge in [-0.3, -0.25) is 4.57 Å². The number of methoxy groups -OCH3 is 1. The molecule has 3 aromatic rings. The van der Waals surface area contributed by atoms with Crippen LogP contribution in [0.15, 0.2) is 42.5 Å². The molecule has 2 aromatic carbocycles. The first kappa shape index (κ1) is 12.9. The van der Waals surface area contributed by atoms with E-state index in [-0.39, 0.29) is 11.7 Å². The number of rotatable bonds is 3. The first-order chi connectivity index (χ1) is 9.74. The molecule has 0 spiro atoms. The molecule has 3 nitrogen and oxygen atoms in total. The maximum absolute atomic E-state index is 14.2. The van der Waals surface area contributed by atoms with Crippen LogP contribution in [0.3, 0.4) is 0 Å². The van der Waals surface area contributed by atoms with Crippen LogP contribution in [0.4, 0.5) is 4.39 Å². The molecule has 1 aromatic heterocycles. The number of aromatic nitrogens is 2. The molecule has 0 N–H and O–H groups in total. The minimum absolute atomic E-state index is 0.200. The molecule has 5 heteroatoms. The van der Waals surface area contributed by atoms with Crippen LogP contribution in [0, 0.1) is 5.82 Å². The third-order valence-electron chi connectivity index (χ3n) is 3.14. The molecule has 0 saturated heterocycles. The lowest BCUT2D eigenvalue weighted by atomic mass is 10.2. The van der Waals surface area contributed by atoms with Crippen molar-refractivity contribution in [3.63, 3.8) is 0 Å². The van der Waals surface area contributed by atoms with Gasteiger partial charge < -0.3 is 4.74 Å². The van der Waals surface area contributed by atoms with Gasteiger partial charge in [-0.15, -0.1) is 11.6 Å². The van der Waals surface area contributed by atoms with Gasteiger partial charge in [-0.2, -0.15) is 0 Å². The number of benzene rings is 2. The van der Waals surface area contributed by atoms with Crippen molar-refractivity contribution in [3.8, 4) is 11.4 Å². The van der Waals surface area contributed by atoms with Crippen LogP contribution in [-0.4, -0.2) is 16.7 Å². The molecular weight excluding hydrogens is 279 g/mol. The topological polar surface area (TPSA) is 27.1 Å². The molecule has 0 radical (unpaired) electrons. The van der Waals surface area contributed by atoms with E-state index < -0.39 is 0 Å². The van der Waals surface area contributed by atoms with Gasteiger partial charge in [0.25, 0.3) is 0 Å². The number of halogens is 2. The molecule has 0 unspecified atom stereocenters. The van der Waals surface area contributed by atoms with Crippen LogP contribution in [0.1, 0.15) is 5.82 Å². The average Bonchev–Trinajstić information content (AvgIpc) is 2.86. The molecule has 0 saturated carbocycles. The number of alkyl halides is 1. The summed E-state index contributed by atoms with van der Waals surface area (Å²) < 4.78 is 21.0. The Morgan fingerprint density at radius 1 is 1.25 bits per heavy atom. The summed E-state index contributed by atoms with van der Waals surface area (Å²) >= 11 is 5.94. The third kappa shape index (κ3) is 2.02. The highest BCUT2D eigenvalue weighted by Crippen LogP contribution is 2.27. The Labute approximate surface area is 120 Å². The minimum Gasteiger partial charge on any atom is -0.497 e. The zero-order chi connectivity index (χ0) is 14.1. The fraction of sp³-hybridized carbons (Fsp3) is 0.133. The highest BCUT2D eigenvalue weighted by atomic mass is 35.5. The highest BCUT2D eigenvalue weighted by molar-refractivity contribution is 6.17. The van der Waals surface area contributed by atoms with Crippen LogP contribution in [0.2, 0.25) is 0 Å². The Balaban J connectivity index is 2.33. The van der Waals surface area contributed by atoms with Crippen molar-refractivity contribution in [1.82, 2.24) is 9.55 Å². The van der Waals surface area contributed by atoms with Crippen molar-refractivity contribution in [2.24, 2.45) is 0 Å². The van der Waals surface area contributed by atoms with E-state index in [1.807, 2.05) is 24.3 Å². The Morgan fingerprint density at radius 3 is 2.80 bits per heavy atom. The van der Waals surface area contributed by atoms with Gasteiger partial charge in [-0.1, -0.05) is 12.1 Å². The van der Waals surface area contributed by atoms with Crippen LogP contribution >= 0.6 is 11.6 Å². The summed E-state index contributed by atoms with van der Waals surface area (Å²) in [6.07, 6.45) is 0. The van der Waals surface area contributed by atoms with E-state index >= 15 is 0 Å². The maximum Gasteiger partial charge on any atom is 0.147 e. The van der Waals surface area contributed by atoms with Crippen molar-refractivity contribution < 1.29 is 9.13 Å². The Morgan fingerprint density at radius 2 is 2.05 bits per heavy atom. The smallest absolute Gasteiger partial charge is 0.147 e. The molecule has 0 bridgehead atoms. The van der Waals surface area contributed by atoms with E-state index in [4.69, 9.17) is 16.3 Å². The summed E-state index contributed by atoms with van der Waals surface area (Å²) in [5.41, 5.74) is 1.98. The van der Waals surface area contributed by atoms with Crippen molar-refractivity contribution in [2.45, 2.75) is 5.88 Å². The predicted molar refractivity (Wildman–Crippen MR) is 77.1 cm³/mol. The Bertz CT molecular complexity index is 770. The molecule has 3 rings (SSSR count). The van der Waals surface area contributed by atoms with Crippen molar-refractivity contribution in [3.05, 3.63) is 54.1 Å². The number of nitrogens with zero attached hydrogens (tertiary/aromatic N) is 2. The van der Waals surface area contributed by atoms with Gasteiger partial charge in [-0.05, 0) is 24.3 Å². The van der Waals surface area contributed by atoms with Gasteiger partial charge in [0.2, 0.25) is 0 Å². The summed E-state index contributed by atoms with van der Waals surface area (Å²) in [6.45, 7) is 0. The van der Waals surface area contributed by atoms with Gasteiger partial charge in [0, 0.05) is 6.07 Å². The van der Waals surface area contributed by atoms with Gasteiger partial charge in [0.15, 0.2) is 0 Å². The van der Waals surface area contributed by atoms with Crippen LogP contribution in [0.5, 0.6) is 5.75 Å². The molecule has 0 aliphatic rings. The number of hydrogen-bond donors (Lipinski definition) is 0. The molecule has 102 valence electrons. The molecule has 0 aliphatic carbocycles. The summed E-state index contributed by atoms with van der Waals surface area (Å²) in [7, 11) is 1.55. The normalized spacial score (nSPS) is 10.9. The SMILES string of the molecule is COc1ccc(F)c(-n2c(CCl)nc3ccccc32)c1. The fourth-order valence-corrected chi connectivity index (χ4v) is 2.40. The summed E-state index contributed by atoms with van der Waals surface area (Å²) in [5.74, 6) is 1.03. The molecule has 0 atom stereocenters. The van der Waals surface area contributed by atoms with E-state index in [2.05, 4.69) is 4.98 Å². The van der Waals surface area contributed by atoms with Crippen LogP contribution in [0.25, 0.3) is 16.7 Å². The number of fused-ring (bicyclic) bond motifs is 1. The average molecular weight is 291 g/mol. The van der Waals surface area contributed by atoms with Gasteiger partial charge in [0.1, 0.15) is 17.4 Å². The molecule has 0 fully saturated rings. The van der Waals surface area contributed by atoms with Crippen molar-refractivity contribution in [2.75, 3.05) is 7.11 Å². The second-order valence-electron chi connectivity index (χ2n) is 4.30. The molecule has 0 aliphatic heterocycles. The van der Waals surface area contributed by atoms with E-state index in [9.17, 15) is 4.39 Å². The standard InChI is InChI=1S/C15H12ClFN2O/c1-20-10-6-7-11(17)14(8-10)19-13-5-3-2-4-12(13)18-15(19)9-16/h2-8H,9H2,1H3. The minimum atomic E-state index is -0.347. The van der Waals surface area contributed by atoms with Crippen LogP contribution in [-0.2, 0) is 5.88 Å². The molecular formula is C15H12ClFN2O. The number of para-hydroxylation sites is 2. The third-order valence-corrected chi connectivity index (χ3v) is 3.38. The van der Waals surface area contributed by atoms with Crippen molar-refractivity contribution >= 4 is 22.6 Å². The zero-order valence-corrected chi connectivity index (χ0v) is 11.6. The summed E-state index contributed by atoms with van der Waals surface area (Å²) in [4.78, 5) is 4.43. The summed E-state index contributed by atoms with van der Waals surface area (Å²) in [6, 6.07) is 12.1. The monoisotopic (exact) mass is 290 g/mol. The number of imidazole rings is 1. The van der Waals surface area contributed by atoms with E-state index in [1.165, 1.54) is 6.07 Å². The maximum atomic E-state index is 14.2. The first-order valence-corrected chi connectivity index (χ1v) is 6.64. The largest absolute Gasteiger partial charge is 0.497 e. The second-order valence-corrected chi connectivity index (χ2v) is 4.57. The highest BCUT2D eigenvalue weighted by Gasteiger charge is 2.15. The lowest BCUT2D eigenvalue weighted by Crippen LogP contribution is -2.02. The van der Waals surface area contributed by atoms with Crippen LogP contribution < -0.4 is 4.74 Å². The van der Waals surface area contributed by atoms with Gasteiger partial charge in [0.05, 0.1) is 29.7 Å². The molecule has 1 heterocycles. The zero-order valence-electron chi connectivity index (χ0n) is 10.8. The number of ether oxygens (including phenoxy) is 1. The molecule has 0 amide bonds. The first-order valence-electron chi connectivity index (χ1n) is 6.11. The lowest BCUT2D eigenvalue weighted by molar-refractivity contribution is 0.413. The quantitative estimate of drug-likeness (QED) is 0.684. The van der Waals surface area contributed by atoms with Gasteiger partial charge >= 0.3 is 0 Å². The fourth-order valence-electron chi connectivity index (χ4n) is 2.23. The lowest BCUT2D eigenvalue weighted by Gasteiger charge is -2.10. The van der Waals surface area contributed by atoms with E-state index in [0.717, 1.165) is 11.0 Å². The molecule has 20 heavy (non-hydrogen) atoms. The van der Waals surface area contributed by atoms with Crippen molar-refractivity contribution in [1.29, 1.82) is 0 Å². The number of hydrogen-bond acceptors (Lipinski definition) is 2. The predicted octanol–water partition coefficient (Wildman–Crippen LogP) is 3.91. The van der Waals surface area contributed by atoms with E-state index in [1.54, 1.807) is 23.8 Å². The van der Waals surface area contributed by atoms with E-state index in [0.29, 0.717) is 17.3 Å². The second kappa shape index (κ2) is 5.13. The van der Waals surface area contributed by atoms with Gasteiger partial charge in [-0.25, -0.2) is 9.37 Å².